The van der Waals surface area contributed by atoms with Gasteiger partial charge < -0.3 is 19.9 Å². The lowest BCUT2D eigenvalue weighted by atomic mass is 9.78. The molecule has 4 aliphatic rings. The van der Waals surface area contributed by atoms with Crippen molar-refractivity contribution in [2.24, 2.45) is 0 Å². The smallest absolute Gasteiger partial charge is 0.340 e. The van der Waals surface area contributed by atoms with Crippen molar-refractivity contribution < 1.29 is 28.3 Å². The first kappa shape index (κ1) is 34.7. The SMILES string of the molecule is CCN(CC)c1ccc2c(c1)[Si]1(CCCCC1)c1cc(N(CC)CC)ccc1C21OC(=O)c2cc(F)c(C(=O)NCCN3C(=O)C=CC3=O)cc21. The second kappa shape index (κ2) is 13.4. The fourth-order valence-corrected chi connectivity index (χ4v) is 14.6. The molecule has 51 heavy (non-hydrogen) atoms. The molecule has 0 unspecified atom stereocenters. The van der Waals surface area contributed by atoms with Crippen LogP contribution in [0.5, 0.6) is 0 Å². The van der Waals surface area contributed by atoms with E-state index in [0.717, 1.165) is 84.6 Å². The third-order valence-electron chi connectivity index (χ3n) is 11.5. The van der Waals surface area contributed by atoms with Crippen LogP contribution in [-0.2, 0) is 19.9 Å². The van der Waals surface area contributed by atoms with Crippen LogP contribution in [0.3, 0.4) is 0 Å². The minimum absolute atomic E-state index is 0.0499. The van der Waals surface area contributed by atoms with Crippen LogP contribution >= 0.6 is 0 Å². The summed E-state index contributed by atoms with van der Waals surface area (Å²) in [6.07, 6.45) is 5.79. The number of benzene rings is 3. The number of esters is 1. The molecule has 3 aromatic carbocycles. The molecule has 0 atom stereocenters. The van der Waals surface area contributed by atoms with Crippen LogP contribution in [0.25, 0.3) is 0 Å². The molecule has 1 saturated heterocycles. The van der Waals surface area contributed by atoms with Crippen molar-refractivity contribution in [3.8, 4) is 0 Å². The highest BCUT2D eigenvalue weighted by Gasteiger charge is 2.59. The maximum Gasteiger partial charge on any atom is 0.340 e. The van der Waals surface area contributed by atoms with Gasteiger partial charge in [0.15, 0.2) is 5.60 Å². The standard InChI is InChI=1S/C40H45FN4O5Si/c1-5-43(6-2)26-12-14-30-34(22-26)51(20-10-9-11-21-51)35-23-27(44(7-3)8-4)13-15-31(35)40(30)32-24-29(33(41)25-28(32)39(49)50-40)38(48)42-18-19-45-36(46)16-17-37(45)47/h12-17,22-25H,5-11,18-21H2,1-4H3,(H,42,48). The van der Waals surface area contributed by atoms with Crippen molar-refractivity contribution in [3.63, 3.8) is 0 Å². The number of ether oxygens (including phenoxy) is 1. The van der Waals surface area contributed by atoms with E-state index in [1.54, 1.807) is 0 Å². The monoisotopic (exact) mass is 708 g/mol. The predicted octanol–water partition coefficient (Wildman–Crippen LogP) is 4.70. The Kier molecular flexibility index (Phi) is 9.11. The molecule has 1 N–H and O–H groups in total. The summed E-state index contributed by atoms with van der Waals surface area (Å²) in [4.78, 5) is 57.2. The number of nitrogens with one attached hydrogen (secondary N) is 1. The van der Waals surface area contributed by atoms with Gasteiger partial charge in [-0.2, -0.15) is 0 Å². The number of imide groups is 1. The summed E-state index contributed by atoms with van der Waals surface area (Å²) >= 11 is 0. The summed E-state index contributed by atoms with van der Waals surface area (Å²) in [5.74, 6) is -3.11. The third kappa shape index (κ3) is 5.39. The number of halogens is 1. The van der Waals surface area contributed by atoms with Gasteiger partial charge in [-0.25, -0.2) is 9.18 Å². The number of rotatable bonds is 10. The second-order valence-electron chi connectivity index (χ2n) is 13.8. The van der Waals surface area contributed by atoms with Crippen LogP contribution in [0, 0.1) is 5.82 Å². The molecule has 4 heterocycles. The molecule has 3 amide bonds. The quantitative estimate of drug-likeness (QED) is 0.185. The van der Waals surface area contributed by atoms with Gasteiger partial charge in [0.2, 0.25) is 0 Å². The number of hydrogen-bond donors (Lipinski definition) is 1. The molecule has 2 spiro atoms. The number of anilines is 2. The molecule has 1 fully saturated rings. The Morgan fingerprint density at radius 3 is 1.88 bits per heavy atom. The highest BCUT2D eigenvalue weighted by atomic mass is 28.3. The molecule has 0 radical (unpaired) electrons. The molecular weight excluding hydrogens is 664 g/mol. The number of hydrogen-bond acceptors (Lipinski definition) is 7. The van der Waals surface area contributed by atoms with Gasteiger partial charge in [0.1, 0.15) is 13.9 Å². The Morgan fingerprint density at radius 2 is 1.35 bits per heavy atom. The number of carbonyl (C=O) groups is 4. The van der Waals surface area contributed by atoms with Gasteiger partial charge in [0.25, 0.3) is 17.7 Å². The van der Waals surface area contributed by atoms with Gasteiger partial charge in [-0.1, -0.05) is 31.4 Å². The number of nitrogens with zero attached hydrogens (tertiary/aromatic N) is 3. The summed E-state index contributed by atoms with van der Waals surface area (Å²) in [5.41, 5.74) is 2.99. The fraction of sp³-hybridized carbons (Fsp3) is 0.400. The number of carbonyl (C=O) groups excluding carboxylic acids is 4. The minimum Gasteiger partial charge on any atom is -0.441 e. The molecule has 0 aliphatic carbocycles. The largest absolute Gasteiger partial charge is 0.441 e. The third-order valence-corrected chi connectivity index (χ3v) is 16.8. The van der Waals surface area contributed by atoms with E-state index in [1.165, 1.54) is 35.0 Å². The van der Waals surface area contributed by atoms with Crippen LogP contribution in [0.4, 0.5) is 15.8 Å². The summed E-state index contributed by atoms with van der Waals surface area (Å²) in [6, 6.07) is 17.9. The number of amides is 3. The van der Waals surface area contributed by atoms with E-state index in [9.17, 15) is 19.2 Å². The van der Waals surface area contributed by atoms with Crippen LogP contribution in [0.2, 0.25) is 12.1 Å². The van der Waals surface area contributed by atoms with E-state index in [-0.39, 0.29) is 24.2 Å². The van der Waals surface area contributed by atoms with Crippen LogP contribution < -0.4 is 25.5 Å². The zero-order valence-electron chi connectivity index (χ0n) is 29.8. The lowest BCUT2D eigenvalue weighted by molar-refractivity contribution is -0.136. The first-order chi connectivity index (χ1) is 24.6. The Bertz CT molecular complexity index is 1880. The molecule has 11 heteroatoms. The molecular formula is C40H45FN4O5Si. The normalized spacial score (nSPS) is 17.7. The van der Waals surface area contributed by atoms with E-state index in [1.807, 2.05) is 0 Å². The molecule has 266 valence electrons. The summed E-state index contributed by atoms with van der Waals surface area (Å²) in [5, 5.41) is 5.17. The second-order valence-corrected chi connectivity index (χ2v) is 18.1. The van der Waals surface area contributed by atoms with Gasteiger partial charge >= 0.3 is 5.97 Å². The van der Waals surface area contributed by atoms with Gasteiger partial charge in [-0.15, -0.1) is 0 Å². The lowest BCUT2D eigenvalue weighted by Crippen LogP contribution is -2.67. The molecule has 0 aromatic heterocycles. The zero-order chi connectivity index (χ0) is 36.1. The van der Waals surface area contributed by atoms with Gasteiger partial charge in [-0.05, 0) is 86.6 Å². The maximum absolute atomic E-state index is 15.8. The Balaban J connectivity index is 1.42. The van der Waals surface area contributed by atoms with Crippen LogP contribution in [0.15, 0.2) is 60.7 Å². The molecule has 7 rings (SSSR count). The van der Waals surface area contributed by atoms with Crippen molar-refractivity contribution in [2.75, 3.05) is 49.1 Å². The molecule has 0 bridgehead atoms. The first-order valence-corrected chi connectivity index (χ1v) is 20.7. The highest BCUT2D eigenvalue weighted by molar-refractivity contribution is 7.03. The van der Waals surface area contributed by atoms with Crippen molar-refractivity contribution in [3.05, 3.63) is 94.3 Å². The summed E-state index contributed by atoms with van der Waals surface area (Å²) in [6.45, 7) is 11.9. The fourth-order valence-electron chi connectivity index (χ4n) is 8.91. The van der Waals surface area contributed by atoms with E-state index in [0.29, 0.717) is 5.56 Å². The molecule has 3 aromatic rings. The Labute approximate surface area is 299 Å². The Morgan fingerprint density at radius 1 is 0.804 bits per heavy atom. The van der Waals surface area contributed by atoms with Crippen molar-refractivity contribution in [2.45, 2.75) is 64.6 Å². The number of fused-ring (bicyclic) bond motifs is 8. The van der Waals surface area contributed by atoms with Crippen molar-refractivity contribution in [1.29, 1.82) is 0 Å². The molecule has 0 saturated carbocycles. The molecule has 9 nitrogen and oxygen atoms in total. The maximum atomic E-state index is 15.8. The van der Waals surface area contributed by atoms with Gasteiger partial charge in [0, 0.05) is 79.5 Å². The average molecular weight is 709 g/mol. The highest BCUT2D eigenvalue weighted by Crippen LogP contribution is 2.51. The summed E-state index contributed by atoms with van der Waals surface area (Å²) in [7, 11) is -2.40. The van der Waals surface area contributed by atoms with E-state index in [2.05, 4.69) is 79.2 Å². The van der Waals surface area contributed by atoms with Crippen LogP contribution in [-0.4, -0.2) is 75.9 Å². The minimum atomic E-state index is -2.40. The Hall–Kier alpha value is -4.77. The van der Waals surface area contributed by atoms with Gasteiger partial charge in [-0.3, -0.25) is 19.3 Å². The van der Waals surface area contributed by atoms with Crippen LogP contribution in [0.1, 0.15) is 84.4 Å². The first-order valence-electron chi connectivity index (χ1n) is 18.3. The van der Waals surface area contributed by atoms with Crippen molar-refractivity contribution in [1.82, 2.24) is 10.2 Å². The average Bonchev–Trinajstić information content (AvgIpc) is 3.62. The van der Waals surface area contributed by atoms with E-state index >= 15 is 4.39 Å². The topological polar surface area (TPSA) is 99.3 Å². The lowest BCUT2D eigenvalue weighted by Gasteiger charge is -2.48. The van der Waals surface area contributed by atoms with Gasteiger partial charge in [0.05, 0.1) is 11.1 Å². The van der Waals surface area contributed by atoms with E-state index < -0.39 is 43.2 Å². The van der Waals surface area contributed by atoms with Crippen molar-refractivity contribution >= 4 is 53.5 Å². The molecule has 4 aliphatic heterocycles. The zero-order valence-corrected chi connectivity index (χ0v) is 30.8. The predicted molar refractivity (Wildman–Crippen MR) is 198 cm³/mol. The van der Waals surface area contributed by atoms with E-state index in [4.69, 9.17) is 4.74 Å². The summed E-state index contributed by atoms with van der Waals surface area (Å²) < 4.78 is 22.4.